The van der Waals surface area contributed by atoms with Gasteiger partial charge in [0.25, 0.3) is 0 Å². The van der Waals surface area contributed by atoms with Crippen molar-refractivity contribution in [3.63, 3.8) is 0 Å². The first-order chi connectivity index (χ1) is 6.86. The van der Waals surface area contributed by atoms with Crippen LogP contribution in [0, 0.1) is 0 Å². The first kappa shape index (κ1) is 9.23. The molecular formula is C9H9N3OS. The van der Waals surface area contributed by atoms with Crippen molar-refractivity contribution in [2.45, 2.75) is 12.5 Å². The van der Waals surface area contributed by atoms with E-state index in [0.29, 0.717) is 12.1 Å². The van der Waals surface area contributed by atoms with Gasteiger partial charge in [0.05, 0.1) is 10.7 Å². The molecule has 14 heavy (non-hydrogen) atoms. The fraction of sp³-hybridized carbons (Fsp3) is 0.222. The van der Waals surface area contributed by atoms with Gasteiger partial charge in [-0.1, -0.05) is 0 Å². The van der Waals surface area contributed by atoms with E-state index in [2.05, 4.69) is 15.0 Å². The smallest absolute Gasteiger partial charge is 0.115 e. The molecule has 0 saturated heterocycles. The number of thiazole rings is 1. The summed E-state index contributed by atoms with van der Waals surface area (Å²) >= 11 is 1.53. The highest BCUT2D eigenvalue weighted by Gasteiger charge is 2.10. The first-order valence-electron chi connectivity index (χ1n) is 4.18. The molecule has 0 saturated carbocycles. The molecule has 1 N–H and O–H groups in total. The molecule has 0 aliphatic heterocycles. The second kappa shape index (κ2) is 4.26. The van der Waals surface area contributed by atoms with Gasteiger partial charge in [-0.3, -0.25) is 0 Å². The zero-order valence-electron chi connectivity index (χ0n) is 7.37. The van der Waals surface area contributed by atoms with Gasteiger partial charge in [0, 0.05) is 24.2 Å². The zero-order valence-corrected chi connectivity index (χ0v) is 8.18. The lowest BCUT2D eigenvalue weighted by atomic mass is 10.2. The normalized spacial score (nSPS) is 12.6. The summed E-state index contributed by atoms with van der Waals surface area (Å²) in [5.74, 6) is 0. The highest BCUT2D eigenvalue weighted by molar-refractivity contribution is 7.09. The molecule has 0 bridgehead atoms. The van der Waals surface area contributed by atoms with E-state index in [1.807, 2.05) is 5.38 Å². The third kappa shape index (κ3) is 2.12. The molecule has 2 aromatic rings. The van der Waals surface area contributed by atoms with Gasteiger partial charge in [0.15, 0.2) is 0 Å². The number of hydrogen-bond acceptors (Lipinski definition) is 5. The van der Waals surface area contributed by atoms with E-state index in [9.17, 15) is 5.11 Å². The lowest BCUT2D eigenvalue weighted by molar-refractivity contribution is 0.173. The summed E-state index contributed by atoms with van der Waals surface area (Å²) in [5.41, 5.74) is 0.634. The molecule has 1 unspecified atom stereocenters. The average molecular weight is 207 g/mol. The minimum Gasteiger partial charge on any atom is -0.386 e. The maximum atomic E-state index is 9.77. The fourth-order valence-corrected chi connectivity index (χ4v) is 1.78. The van der Waals surface area contributed by atoms with Crippen LogP contribution in [0.25, 0.3) is 0 Å². The van der Waals surface area contributed by atoms with Crippen LogP contribution in [0.5, 0.6) is 0 Å². The molecule has 4 nitrogen and oxygen atoms in total. The predicted octanol–water partition coefficient (Wildman–Crippen LogP) is 1.21. The van der Waals surface area contributed by atoms with Gasteiger partial charge in [0.1, 0.15) is 12.4 Å². The van der Waals surface area contributed by atoms with Gasteiger partial charge < -0.3 is 5.11 Å². The highest BCUT2D eigenvalue weighted by Crippen LogP contribution is 2.16. The molecule has 72 valence electrons. The van der Waals surface area contributed by atoms with Crippen molar-refractivity contribution in [2.24, 2.45) is 0 Å². The van der Waals surface area contributed by atoms with Gasteiger partial charge in [-0.2, -0.15) is 0 Å². The summed E-state index contributed by atoms with van der Waals surface area (Å²) in [4.78, 5) is 11.9. The molecule has 5 heteroatoms. The maximum Gasteiger partial charge on any atom is 0.115 e. The Balaban J connectivity index is 2.07. The Morgan fingerprint density at radius 3 is 2.93 bits per heavy atom. The van der Waals surface area contributed by atoms with Crippen LogP contribution in [0.1, 0.15) is 16.8 Å². The second-order valence-corrected chi connectivity index (χ2v) is 3.76. The summed E-state index contributed by atoms with van der Waals surface area (Å²) in [5, 5.41) is 12.6. The van der Waals surface area contributed by atoms with Crippen LogP contribution >= 0.6 is 11.3 Å². The topological polar surface area (TPSA) is 58.9 Å². The third-order valence-corrected chi connectivity index (χ3v) is 2.60. The molecule has 0 radical (unpaired) electrons. The van der Waals surface area contributed by atoms with E-state index in [1.165, 1.54) is 17.7 Å². The standard InChI is InChI=1S/C9H9N3OS/c13-8(5-9-11-3-4-14-9)7-1-2-10-6-12-7/h1-4,6,8,13H,5H2. The Morgan fingerprint density at radius 1 is 1.36 bits per heavy atom. The SMILES string of the molecule is OC(Cc1nccs1)c1ccncn1. The molecule has 0 fully saturated rings. The van der Waals surface area contributed by atoms with Crippen LogP contribution in [0.4, 0.5) is 0 Å². The molecule has 2 rings (SSSR count). The van der Waals surface area contributed by atoms with Gasteiger partial charge in [-0.25, -0.2) is 15.0 Å². The number of nitrogens with zero attached hydrogens (tertiary/aromatic N) is 3. The second-order valence-electron chi connectivity index (χ2n) is 2.78. The molecule has 1 atom stereocenters. The van der Waals surface area contributed by atoms with Crippen LogP contribution in [0.3, 0.4) is 0 Å². The van der Waals surface area contributed by atoms with Gasteiger partial charge in [-0.05, 0) is 6.07 Å². The number of rotatable bonds is 3. The fourth-order valence-electron chi connectivity index (χ4n) is 1.12. The lowest BCUT2D eigenvalue weighted by Gasteiger charge is -2.06. The zero-order chi connectivity index (χ0) is 9.80. The van der Waals surface area contributed by atoms with E-state index in [1.54, 1.807) is 18.5 Å². The van der Waals surface area contributed by atoms with Gasteiger partial charge in [0.2, 0.25) is 0 Å². The summed E-state index contributed by atoms with van der Waals surface area (Å²) in [6.07, 6.45) is 4.69. The molecule has 0 aliphatic rings. The minimum atomic E-state index is -0.593. The van der Waals surface area contributed by atoms with Crippen LogP contribution in [0.15, 0.2) is 30.2 Å². The van der Waals surface area contributed by atoms with Crippen molar-refractivity contribution in [1.29, 1.82) is 0 Å². The molecule has 0 amide bonds. The van der Waals surface area contributed by atoms with Crippen molar-refractivity contribution < 1.29 is 5.11 Å². The lowest BCUT2D eigenvalue weighted by Crippen LogP contribution is -2.03. The van der Waals surface area contributed by atoms with Crippen molar-refractivity contribution in [2.75, 3.05) is 0 Å². The summed E-state index contributed by atoms with van der Waals surface area (Å²) in [6, 6.07) is 1.71. The van der Waals surface area contributed by atoms with E-state index >= 15 is 0 Å². The molecule has 2 heterocycles. The Kier molecular flexibility index (Phi) is 2.81. The van der Waals surface area contributed by atoms with Crippen LogP contribution < -0.4 is 0 Å². The maximum absolute atomic E-state index is 9.77. The molecule has 0 spiro atoms. The molecule has 0 aromatic carbocycles. The third-order valence-electron chi connectivity index (χ3n) is 1.80. The summed E-state index contributed by atoms with van der Waals surface area (Å²) in [7, 11) is 0. The number of aromatic nitrogens is 3. The van der Waals surface area contributed by atoms with E-state index < -0.39 is 6.10 Å². The molecular weight excluding hydrogens is 198 g/mol. The Bertz CT molecular complexity index is 376. The van der Waals surface area contributed by atoms with Gasteiger partial charge in [-0.15, -0.1) is 11.3 Å². The Morgan fingerprint density at radius 2 is 2.29 bits per heavy atom. The molecule has 2 aromatic heterocycles. The van der Waals surface area contributed by atoms with E-state index in [4.69, 9.17) is 0 Å². The number of aliphatic hydroxyl groups is 1. The van der Waals surface area contributed by atoms with Crippen molar-refractivity contribution >= 4 is 11.3 Å². The predicted molar refractivity (Wildman–Crippen MR) is 52.8 cm³/mol. The van der Waals surface area contributed by atoms with Crippen LogP contribution in [-0.2, 0) is 6.42 Å². The number of hydrogen-bond donors (Lipinski definition) is 1. The van der Waals surface area contributed by atoms with Crippen molar-refractivity contribution in [3.05, 3.63) is 40.9 Å². The van der Waals surface area contributed by atoms with Crippen molar-refractivity contribution in [1.82, 2.24) is 15.0 Å². The van der Waals surface area contributed by atoms with Gasteiger partial charge >= 0.3 is 0 Å². The highest BCUT2D eigenvalue weighted by atomic mass is 32.1. The summed E-state index contributed by atoms with van der Waals surface area (Å²) in [6.45, 7) is 0. The Hall–Kier alpha value is -1.33. The number of aliphatic hydroxyl groups excluding tert-OH is 1. The molecule has 0 aliphatic carbocycles. The van der Waals surface area contributed by atoms with E-state index in [-0.39, 0.29) is 0 Å². The summed E-state index contributed by atoms with van der Waals surface area (Å²) < 4.78 is 0. The quantitative estimate of drug-likeness (QED) is 0.821. The van der Waals surface area contributed by atoms with E-state index in [0.717, 1.165) is 5.01 Å². The largest absolute Gasteiger partial charge is 0.386 e. The average Bonchev–Trinajstić information content (AvgIpc) is 2.72. The first-order valence-corrected chi connectivity index (χ1v) is 5.06. The monoisotopic (exact) mass is 207 g/mol. The minimum absolute atomic E-state index is 0.509. The Labute approximate surface area is 85.3 Å². The van der Waals surface area contributed by atoms with Crippen LogP contribution in [-0.4, -0.2) is 20.1 Å². The van der Waals surface area contributed by atoms with Crippen LogP contribution in [0.2, 0.25) is 0 Å². The van der Waals surface area contributed by atoms with Crippen molar-refractivity contribution in [3.8, 4) is 0 Å².